The van der Waals surface area contributed by atoms with Gasteiger partial charge in [-0.25, -0.2) is 4.79 Å². The molecular formula is C26H29NO5S. The highest BCUT2D eigenvalue weighted by atomic mass is 32.1. The van der Waals surface area contributed by atoms with Crippen molar-refractivity contribution in [3.63, 3.8) is 0 Å². The number of allylic oxidation sites excluding steroid dienone is 3. The summed E-state index contributed by atoms with van der Waals surface area (Å²) in [7, 11) is 3.15. The van der Waals surface area contributed by atoms with E-state index in [1.165, 1.54) is 4.88 Å². The average molecular weight is 468 g/mol. The van der Waals surface area contributed by atoms with Crippen LogP contribution in [0.3, 0.4) is 0 Å². The molecule has 1 aromatic carbocycles. The van der Waals surface area contributed by atoms with Gasteiger partial charge in [0, 0.05) is 40.1 Å². The molecule has 2 atom stereocenters. The van der Waals surface area contributed by atoms with Crippen molar-refractivity contribution in [1.82, 2.24) is 5.32 Å². The number of thiophene rings is 1. The van der Waals surface area contributed by atoms with Crippen molar-refractivity contribution in [1.29, 1.82) is 0 Å². The molecule has 0 radical (unpaired) electrons. The number of ether oxygens (including phenoxy) is 3. The number of dihydropyridines is 1. The van der Waals surface area contributed by atoms with Crippen LogP contribution in [-0.4, -0.2) is 32.6 Å². The van der Waals surface area contributed by atoms with Crippen molar-refractivity contribution in [2.45, 2.75) is 44.9 Å². The fourth-order valence-electron chi connectivity index (χ4n) is 4.67. The van der Waals surface area contributed by atoms with Crippen molar-refractivity contribution >= 4 is 23.1 Å². The topological polar surface area (TPSA) is 73.9 Å². The van der Waals surface area contributed by atoms with Gasteiger partial charge in [0.15, 0.2) is 17.3 Å². The molecule has 0 saturated heterocycles. The highest BCUT2D eigenvalue weighted by Crippen LogP contribution is 2.47. The van der Waals surface area contributed by atoms with Crippen LogP contribution in [0.1, 0.15) is 55.4 Å². The highest BCUT2D eigenvalue weighted by molar-refractivity contribution is 7.10. The monoisotopic (exact) mass is 467 g/mol. The van der Waals surface area contributed by atoms with Gasteiger partial charge in [0.25, 0.3) is 0 Å². The number of nitrogens with one attached hydrogen (secondary N) is 1. The Morgan fingerprint density at radius 2 is 1.94 bits per heavy atom. The number of rotatable bonds is 7. The van der Waals surface area contributed by atoms with Gasteiger partial charge in [-0.3, -0.25) is 4.79 Å². The molecule has 1 N–H and O–H groups in total. The molecule has 1 aliphatic heterocycles. The van der Waals surface area contributed by atoms with Crippen LogP contribution in [0.5, 0.6) is 11.5 Å². The molecule has 0 bridgehead atoms. The molecule has 0 unspecified atom stereocenters. The van der Waals surface area contributed by atoms with E-state index in [9.17, 15) is 9.59 Å². The molecule has 0 spiro atoms. The number of ketones is 1. The second-order valence-corrected chi connectivity index (χ2v) is 9.26. The summed E-state index contributed by atoms with van der Waals surface area (Å²) in [5, 5.41) is 5.42. The third kappa shape index (κ3) is 4.42. The van der Waals surface area contributed by atoms with Gasteiger partial charge in [0.2, 0.25) is 0 Å². The molecule has 6 nitrogen and oxygen atoms in total. The van der Waals surface area contributed by atoms with E-state index in [0.717, 1.165) is 24.1 Å². The van der Waals surface area contributed by atoms with Crippen LogP contribution in [0.4, 0.5) is 0 Å². The number of carbonyl (C=O) groups is 2. The standard InChI is InChI=1S/C26H29NO5S/c1-5-10-32-26(29)23-15(2)27-18-12-17(22-7-6-11-33-22)13-19(28)25(18)24(23)16-8-9-20(30-3)21(14-16)31-4/h6-9,11,14,17,24,27H,5,10,12-13H2,1-4H3/t17-,24+/m0/s1. The highest BCUT2D eigenvalue weighted by Gasteiger charge is 2.41. The van der Waals surface area contributed by atoms with E-state index in [0.29, 0.717) is 41.4 Å². The molecule has 2 aliphatic rings. The Bertz CT molecular complexity index is 1120. The van der Waals surface area contributed by atoms with Crippen LogP contribution in [-0.2, 0) is 14.3 Å². The van der Waals surface area contributed by atoms with Gasteiger partial charge in [0.05, 0.1) is 26.4 Å². The molecule has 2 aromatic rings. The first-order chi connectivity index (χ1) is 16.0. The van der Waals surface area contributed by atoms with Gasteiger partial charge in [-0.05, 0) is 48.9 Å². The molecular weight excluding hydrogens is 438 g/mol. The average Bonchev–Trinajstić information content (AvgIpc) is 3.36. The lowest BCUT2D eigenvalue weighted by Crippen LogP contribution is -2.36. The Morgan fingerprint density at radius 3 is 2.61 bits per heavy atom. The molecule has 0 amide bonds. The summed E-state index contributed by atoms with van der Waals surface area (Å²) >= 11 is 1.67. The summed E-state index contributed by atoms with van der Waals surface area (Å²) < 4.78 is 16.4. The second-order valence-electron chi connectivity index (χ2n) is 8.28. The Hall–Kier alpha value is -3.06. The first kappa shape index (κ1) is 23.1. The van der Waals surface area contributed by atoms with Gasteiger partial charge in [-0.1, -0.05) is 19.1 Å². The van der Waals surface area contributed by atoms with Gasteiger partial charge in [0.1, 0.15) is 0 Å². The third-order valence-corrected chi connectivity index (χ3v) is 7.21. The Labute approximate surface area is 198 Å². The number of carbonyl (C=O) groups excluding carboxylic acids is 2. The molecule has 0 fully saturated rings. The zero-order chi connectivity index (χ0) is 23.5. The van der Waals surface area contributed by atoms with Crippen molar-refractivity contribution in [3.8, 4) is 11.5 Å². The minimum Gasteiger partial charge on any atom is -0.493 e. The summed E-state index contributed by atoms with van der Waals surface area (Å²) in [4.78, 5) is 27.9. The van der Waals surface area contributed by atoms with E-state index in [1.807, 2.05) is 43.5 Å². The van der Waals surface area contributed by atoms with E-state index in [2.05, 4.69) is 11.4 Å². The summed E-state index contributed by atoms with van der Waals surface area (Å²) in [6.45, 7) is 4.16. The summed E-state index contributed by atoms with van der Waals surface area (Å²) in [5.41, 5.74) is 3.51. The smallest absolute Gasteiger partial charge is 0.336 e. The van der Waals surface area contributed by atoms with Crippen molar-refractivity contribution < 1.29 is 23.8 Å². The van der Waals surface area contributed by atoms with E-state index in [-0.39, 0.29) is 11.7 Å². The lowest BCUT2D eigenvalue weighted by Gasteiger charge is -2.36. The minimum atomic E-state index is -0.526. The quantitative estimate of drug-likeness (QED) is 0.573. The maximum Gasteiger partial charge on any atom is 0.336 e. The van der Waals surface area contributed by atoms with Crippen molar-refractivity contribution in [3.05, 3.63) is 68.7 Å². The van der Waals surface area contributed by atoms with E-state index >= 15 is 0 Å². The Morgan fingerprint density at radius 1 is 1.15 bits per heavy atom. The molecule has 1 aliphatic carbocycles. The maximum atomic E-state index is 13.6. The number of benzene rings is 1. The van der Waals surface area contributed by atoms with E-state index in [4.69, 9.17) is 14.2 Å². The van der Waals surface area contributed by atoms with Crippen LogP contribution >= 0.6 is 11.3 Å². The number of esters is 1. The number of methoxy groups -OCH3 is 2. The molecule has 0 saturated carbocycles. The molecule has 174 valence electrons. The van der Waals surface area contributed by atoms with Crippen molar-refractivity contribution in [2.24, 2.45) is 0 Å². The normalized spacial score (nSPS) is 20.3. The number of hydrogen-bond donors (Lipinski definition) is 1. The van der Waals surface area contributed by atoms with Gasteiger partial charge in [-0.15, -0.1) is 11.3 Å². The van der Waals surface area contributed by atoms with Gasteiger partial charge in [-0.2, -0.15) is 0 Å². The predicted molar refractivity (Wildman–Crippen MR) is 128 cm³/mol. The summed E-state index contributed by atoms with van der Waals surface area (Å²) in [6.07, 6.45) is 1.86. The van der Waals surface area contributed by atoms with Gasteiger partial charge < -0.3 is 19.5 Å². The van der Waals surface area contributed by atoms with Crippen LogP contribution < -0.4 is 14.8 Å². The van der Waals surface area contributed by atoms with Gasteiger partial charge >= 0.3 is 5.97 Å². The van der Waals surface area contributed by atoms with Crippen LogP contribution in [0.2, 0.25) is 0 Å². The fourth-order valence-corrected chi connectivity index (χ4v) is 5.50. The molecule has 2 heterocycles. The largest absolute Gasteiger partial charge is 0.493 e. The fraction of sp³-hybridized carbons (Fsp3) is 0.385. The Balaban J connectivity index is 1.82. The second kappa shape index (κ2) is 9.83. The van der Waals surface area contributed by atoms with E-state index in [1.54, 1.807) is 25.6 Å². The first-order valence-electron chi connectivity index (χ1n) is 11.1. The molecule has 7 heteroatoms. The lowest BCUT2D eigenvalue weighted by atomic mass is 9.72. The number of hydrogen-bond acceptors (Lipinski definition) is 7. The number of Topliss-reactive ketones (excluding diaryl/α,β-unsaturated/α-hetero) is 1. The van der Waals surface area contributed by atoms with Crippen LogP contribution in [0.25, 0.3) is 0 Å². The summed E-state index contributed by atoms with van der Waals surface area (Å²) in [5.74, 6) is 0.400. The third-order valence-electron chi connectivity index (χ3n) is 6.17. The van der Waals surface area contributed by atoms with Crippen molar-refractivity contribution in [2.75, 3.05) is 20.8 Å². The Kier molecular flexibility index (Phi) is 6.88. The maximum absolute atomic E-state index is 13.6. The van der Waals surface area contributed by atoms with Crippen LogP contribution in [0, 0.1) is 0 Å². The molecule has 4 rings (SSSR count). The van der Waals surface area contributed by atoms with E-state index < -0.39 is 11.9 Å². The zero-order valence-corrected chi connectivity index (χ0v) is 20.2. The zero-order valence-electron chi connectivity index (χ0n) is 19.4. The summed E-state index contributed by atoms with van der Waals surface area (Å²) in [6, 6.07) is 9.64. The SMILES string of the molecule is CCCOC(=O)C1=C(C)NC2=C(C(=O)C[C@@H](c3cccs3)C2)[C@@H]1c1ccc(OC)c(OC)c1. The minimum absolute atomic E-state index is 0.0511. The first-order valence-corrected chi connectivity index (χ1v) is 12.0. The molecule has 33 heavy (non-hydrogen) atoms. The predicted octanol–water partition coefficient (Wildman–Crippen LogP) is 5.08. The molecule has 1 aromatic heterocycles. The van der Waals surface area contributed by atoms with Crippen LogP contribution in [0.15, 0.2) is 58.3 Å². The lowest BCUT2D eigenvalue weighted by molar-refractivity contribution is -0.139.